The Kier molecular flexibility index (Phi) is 5.91. The highest BCUT2D eigenvalue weighted by atomic mass is 16.4. The molecule has 0 aromatic heterocycles. The molecule has 0 saturated carbocycles. The second kappa shape index (κ2) is 7.23. The quantitative estimate of drug-likeness (QED) is 0.475. The van der Waals surface area contributed by atoms with E-state index in [1.165, 1.54) is 4.90 Å². The van der Waals surface area contributed by atoms with Crippen molar-refractivity contribution in [3.63, 3.8) is 0 Å². The van der Waals surface area contributed by atoms with Gasteiger partial charge in [-0.15, -0.1) is 0 Å². The monoisotopic (exact) mass is 303 g/mol. The zero-order chi connectivity index (χ0) is 16.2. The summed E-state index contributed by atoms with van der Waals surface area (Å²) in [5.41, 5.74) is 0. The molecule has 2 amide bonds. The van der Waals surface area contributed by atoms with E-state index in [-0.39, 0.29) is 12.6 Å². The number of carbonyl (C=O) groups is 3. The van der Waals surface area contributed by atoms with Crippen LogP contribution >= 0.6 is 0 Å². The minimum Gasteiger partial charge on any atom is -0.481 e. The third-order valence-electron chi connectivity index (χ3n) is 3.20. The third-order valence-corrected chi connectivity index (χ3v) is 3.20. The van der Waals surface area contributed by atoms with Crippen LogP contribution in [-0.2, 0) is 9.59 Å². The molecule has 1 rings (SSSR count). The molecule has 0 aromatic rings. The number of aliphatic carboxylic acids is 2. The number of β-amino-alcohol motifs (C(OH)–C–C–N with tert-alkyl or cyclic N) is 1. The van der Waals surface area contributed by atoms with Gasteiger partial charge in [-0.05, 0) is 20.5 Å². The smallest absolute Gasteiger partial charge is 0.326 e. The molecule has 0 aromatic carbocycles. The first-order valence-corrected chi connectivity index (χ1v) is 6.55. The molecule has 1 heterocycles. The molecule has 1 aliphatic rings. The predicted molar refractivity (Wildman–Crippen MR) is 71.9 cm³/mol. The molecule has 21 heavy (non-hydrogen) atoms. The van der Waals surface area contributed by atoms with Crippen molar-refractivity contribution in [2.45, 2.75) is 31.0 Å². The van der Waals surface area contributed by atoms with Gasteiger partial charge in [-0.25, -0.2) is 9.59 Å². The van der Waals surface area contributed by atoms with E-state index in [0.29, 0.717) is 13.0 Å². The summed E-state index contributed by atoms with van der Waals surface area (Å²) in [6.45, 7) is 0.630. The maximum atomic E-state index is 12.1. The van der Waals surface area contributed by atoms with E-state index in [1.54, 1.807) is 0 Å². The van der Waals surface area contributed by atoms with E-state index < -0.39 is 36.5 Å². The van der Waals surface area contributed by atoms with Crippen LogP contribution < -0.4 is 5.32 Å². The number of carboxylic acid groups (broad SMARTS) is 2. The lowest BCUT2D eigenvalue weighted by Crippen LogP contribution is -2.51. The first-order chi connectivity index (χ1) is 9.70. The van der Waals surface area contributed by atoms with E-state index in [9.17, 15) is 19.5 Å². The molecule has 3 atom stereocenters. The van der Waals surface area contributed by atoms with Crippen LogP contribution in [0, 0.1) is 0 Å². The minimum absolute atomic E-state index is 0.101. The second-order valence-electron chi connectivity index (χ2n) is 5.40. The molecular formula is C12H21N3O6. The van der Waals surface area contributed by atoms with E-state index in [1.807, 2.05) is 19.0 Å². The van der Waals surface area contributed by atoms with Gasteiger partial charge in [-0.2, -0.15) is 0 Å². The van der Waals surface area contributed by atoms with Crippen LogP contribution in [-0.4, -0.2) is 88.5 Å². The van der Waals surface area contributed by atoms with Crippen LogP contribution in [0.1, 0.15) is 12.8 Å². The Hall–Kier alpha value is -1.87. The fourth-order valence-corrected chi connectivity index (χ4v) is 2.34. The van der Waals surface area contributed by atoms with Gasteiger partial charge in [0.2, 0.25) is 0 Å². The molecule has 1 aliphatic heterocycles. The number of rotatable bonds is 6. The molecule has 0 spiro atoms. The minimum atomic E-state index is -1.49. The Balaban J connectivity index is 2.71. The van der Waals surface area contributed by atoms with Gasteiger partial charge in [-0.1, -0.05) is 0 Å². The fraction of sp³-hybridized carbons (Fsp3) is 0.750. The number of carboxylic acids is 2. The molecule has 2 unspecified atom stereocenters. The number of urea groups is 1. The zero-order valence-corrected chi connectivity index (χ0v) is 12.0. The lowest BCUT2D eigenvalue weighted by molar-refractivity contribution is -0.145. The first kappa shape index (κ1) is 17.2. The Labute approximate surface area is 122 Å². The molecule has 9 nitrogen and oxygen atoms in total. The highest BCUT2D eigenvalue weighted by Crippen LogP contribution is 2.18. The van der Waals surface area contributed by atoms with Crippen molar-refractivity contribution in [1.82, 2.24) is 15.1 Å². The lowest BCUT2D eigenvalue weighted by atomic mass is 10.2. The Morgan fingerprint density at radius 3 is 2.43 bits per heavy atom. The molecule has 4 N–H and O–H groups in total. The van der Waals surface area contributed by atoms with E-state index in [0.717, 1.165) is 0 Å². The number of hydrogen-bond acceptors (Lipinski definition) is 5. The van der Waals surface area contributed by atoms with Crippen molar-refractivity contribution in [2.24, 2.45) is 0 Å². The molecule has 1 saturated heterocycles. The number of hydrogen-bond donors (Lipinski definition) is 4. The summed E-state index contributed by atoms with van der Waals surface area (Å²) in [7, 11) is 3.65. The van der Waals surface area contributed by atoms with Gasteiger partial charge in [0, 0.05) is 19.1 Å². The summed E-state index contributed by atoms with van der Waals surface area (Å²) < 4.78 is 0. The van der Waals surface area contributed by atoms with Crippen molar-refractivity contribution in [2.75, 3.05) is 27.2 Å². The molecule has 9 heteroatoms. The number of nitrogens with one attached hydrogen (secondary N) is 1. The maximum Gasteiger partial charge on any atom is 0.326 e. The number of likely N-dealkylation sites (tertiary alicyclic amines) is 1. The summed E-state index contributed by atoms with van der Waals surface area (Å²) >= 11 is 0. The number of carbonyl (C=O) groups excluding carboxylic acids is 1. The number of aliphatic hydroxyl groups is 1. The SMILES string of the molecule is CN(C)CC1CC(O)CN1C(=O)N[C@H](CC(=O)O)C(=O)O. The summed E-state index contributed by atoms with van der Waals surface area (Å²) in [4.78, 5) is 36.9. The third kappa shape index (κ3) is 5.20. The Bertz CT molecular complexity index is 414. The van der Waals surface area contributed by atoms with Crippen LogP contribution in [0.2, 0.25) is 0 Å². The van der Waals surface area contributed by atoms with Crippen molar-refractivity contribution < 1.29 is 29.7 Å². The molecule has 0 radical (unpaired) electrons. The van der Waals surface area contributed by atoms with Crippen LogP contribution in [0.5, 0.6) is 0 Å². The zero-order valence-electron chi connectivity index (χ0n) is 12.0. The largest absolute Gasteiger partial charge is 0.481 e. The summed E-state index contributed by atoms with van der Waals surface area (Å²) in [5.74, 6) is -2.72. The van der Waals surface area contributed by atoms with Gasteiger partial charge in [-0.3, -0.25) is 4.79 Å². The van der Waals surface area contributed by atoms with Crippen molar-refractivity contribution in [3.8, 4) is 0 Å². The van der Waals surface area contributed by atoms with Gasteiger partial charge < -0.3 is 30.4 Å². The van der Waals surface area contributed by atoms with Crippen LogP contribution in [0.4, 0.5) is 4.79 Å². The van der Waals surface area contributed by atoms with Crippen LogP contribution in [0.3, 0.4) is 0 Å². The molecule has 0 aliphatic carbocycles. The van der Waals surface area contributed by atoms with Gasteiger partial charge in [0.15, 0.2) is 0 Å². The molecular weight excluding hydrogens is 282 g/mol. The predicted octanol–water partition coefficient (Wildman–Crippen LogP) is -1.38. The van der Waals surface area contributed by atoms with Crippen molar-refractivity contribution in [3.05, 3.63) is 0 Å². The van der Waals surface area contributed by atoms with Crippen molar-refractivity contribution >= 4 is 18.0 Å². The summed E-state index contributed by atoms with van der Waals surface area (Å²) in [6, 6.07) is -2.41. The second-order valence-corrected chi connectivity index (χ2v) is 5.40. The maximum absolute atomic E-state index is 12.1. The van der Waals surface area contributed by atoms with Crippen LogP contribution in [0.25, 0.3) is 0 Å². The Morgan fingerprint density at radius 1 is 1.33 bits per heavy atom. The van der Waals surface area contributed by atoms with Gasteiger partial charge >= 0.3 is 18.0 Å². The molecule has 120 valence electrons. The van der Waals surface area contributed by atoms with Gasteiger partial charge in [0.1, 0.15) is 6.04 Å². The standard InChI is InChI=1S/C12H21N3O6/c1-14(2)5-7-3-8(16)6-15(7)12(21)13-9(11(19)20)4-10(17)18/h7-9,16H,3-6H2,1-2H3,(H,13,21)(H,17,18)(H,19,20)/t7?,8?,9-/m1/s1. The fourth-order valence-electron chi connectivity index (χ4n) is 2.34. The highest BCUT2D eigenvalue weighted by Gasteiger charge is 2.36. The van der Waals surface area contributed by atoms with Gasteiger partial charge in [0.05, 0.1) is 12.5 Å². The lowest BCUT2D eigenvalue weighted by Gasteiger charge is -2.28. The number of nitrogens with zero attached hydrogens (tertiary/aromatic N) is 2. The average molecular weight is 303 g/mol. The first-order valence-electron chi connectivity index (χ1n) is 6.55. The average Bonchev–Trinajstić information content (AvgIpc) is 2.67. The highest BCUT2D eigenvalue weighted by molar-refractivity contribution is 5.86. The van der Waals surface area contributed by atoms with E-state index in [2.05, 4.69) is 5.32 Å². The normalized spacial score (nSPS) is 23.1. The van der Waals surface area contributed by atoms with E-state index in [4.69, 9.17) is 10.2 Å². The van der Waals surface area contributed by atoms with E-state index >= 15 is 0 Å². The molecule has 1 fully saturated rings. The summed E-state index contributed by atoms with van der Waals surface area (Å²) in [6.07, 6.45) is -0.957. The number of likely N-dealkylation sites (N-methyl/N-ethyl adjacent to an activating group) is 1. The Morgan fingerprint density at radius 2 is 1.95 bits per heavy atom. The topological polar surface area (TPSA) is 130 Å². The van der Waals surface area contributed by atoms with Gasteiger partial charge in [0.25, 0.3) is 0 Å². The van der Waals surface area contributed by atoms with Crippen LogP contribution in [0.15, 0.2) is 0 Å². The molecule has 0 bridgehead atoms. The van der Waals surface area contributed by atoms with Crippen molar-refractivity contribution in [1.29, 1.82) is 0 Å². The summed E-state index contributed by atoms with van der Waals surface area (Å²) in [5, 5.41) is 29.4. The number of aliphatic hydroxyl groups excluding tert-OH is 1. The number of amides is 2.